The van der Waals surface area contributed by atoms with Gasteiger partial charge in [-0.3, -0.25) is 0 Å². The van der Waals surface area contributed by atoms with Crippen molar-refractivity contribution in [2.75, 3.05) is 6.79 Å². The molecule has 2 aliphatic rings. The minimum absolute atomic E-state index is 0.0274. The first kappa shape index (κ1) is 9.36. The van der Waals surface area contributed by atoms with Gasteiger partial charge in [-0.25, -0.2) is 9.18 Å². The fourth-order valence-electron chi connectivity index (χ4n) is 1.94. The van der Waals surface area contributed by atoms with E-state index in [9.17, 15) is 9.18 Å². The Bertz CT molecular complexity index is 504. The van der Waals surface area contributed by atoms with E-state index in [1.54, 1.807) is 12.1 Å². The van der Waals surface area contributed by atoms with Crippen molar-refractivity contribution in [3.8, 4) is 11.5 Å². The largest absolute Gasteiger partial charge is 0.453 e. The highest BCUT2D eigenvalue weighted by Crippen LogP contribution is 2.52. The van der Waals surface area contributed by atoms with Crippen LogP contribution in [0.3, 0.4) is 0 Å². The highest BCUT2D eigenvalue weighted by atomic mass is 19.1. The van der Waals surface area contributed by atoms with Crippen molar-refractivity contribution in [1.29, 1.82) is 0 Å². The summed E-state index contributed by atoms with van der Waals surface area (Å²) in [6, 6.07) is 3.23. The minimum atomic E-state index is -0.715. The number of isocyanates is 1. The van der Waals surface area contributed by atoms with Crippen molar-refractivity contribution >= 4 is 6.08 Å². The van der Waals surface area contributed by atoms with Gasteiger partial charge in [0.25, 0.3) is 0 Å². The highest BCUT2D eigenvalue weighted by molar-refractivity contribution is 5.51. The van der Waals surface area contributed by atoms with Gasteiger partial charge < -0.3 is 9.47 Å². The average molecular weight is 221 g/mol. The summed E-state index contributed by atoms with van der Waals surface area (Å²) < 4.78 is 24.1. The Labute approximate surface area is 90.7 Å². The number of carbonyl (C=O) groups excluding carboxylic acids is 1. The Hall–Kier alpha value is -1.87. The SMILES string of the molecule is O=C=NC1(c2ccc3c(c2F)OCO3)CC1. The molecule has 1 aromatic rings. The molecule has 1 heterocycles. The number of aliphatic imine (C=N–C) groups is 1. The van der Waals surface area contributed by atoms with E-state index in [0.29, 0.717) is 24.2 Å². The summed E-state index contributed by atoms with van der Waals surface area (Å²) in [5.41, 5.74) is -0.326. The topological polar surface area (TPSA) is 47.9 Å². The minimum Gasteiger partial charge on any atom is -0.453 e. The Morgan fingerprint density at radius 3 is 2.88 bits per heavy atom. The quantitative estimate of drug-likeness (QED) is 0.565. The van der Waals surface area contributed by atoms with Crippen LogP contribution >= 0.6 is 0 Å². The maximum absolute atomic E-state index is 14.0. The van der Waals surface area contributed by atoms with Crippen LogP contribution in [-0.2, 0) is 10.3 Å². The summed E-state index contributed by atoms with van der Waals surface area (Å²) in [6.07, 6.45) is 2.83. The van der Waals surface area contributed by atoms with Gasteiger partial charge in [-0.15, -0.1) is 0 Å². The molecule has 16 heavy (non-hydrogen) atoms. The number of hydrogen-bond donors (Lipinski definition) is 0. The van der Waals surface area contributed by atoms with E-state index in [1.807, 2.05) is 0 Å². The van der Waals surface area contributed by atoms with Crippen molar-refractivity contribution in [2.45, 2.75) is 18.4 Å². The van der Waals surface area contributed by atoms with Gasteiger partial charge in [0.1, 0.15) is 5.54 Å². The molecule has 5 heteroatoms. The number of benzene rings is 1. The van der Waals surface area contributed by atoms with Crippen LogP contribution in [0.1, 0.15) is 18.4 Å². The standard InChI is InChI=1S/C11H8FNO3/c12-9-7(11(3-4-11)13-5-14)1-2-8-10(9)16-6-15-8/h1-2H,3-4,6H2. The number of halogens is 1. The van der Waals surface area contributed by atoms with Crippen LogP contribution in [0.5, 0.6) is 11.5 Å². The molecule has 1 aromatic carbocycles. The first-order chi connectivity index (χ1) is 7.77. The third kappa shape index (κ3) is 1.15. The van der Waals surface area contributed by atoms with E-state index < -0.39 is 11.4 Å². The monoisotopic (exact) mass is 221 g/mol. The molecule has 4 nitrogen and oxygen atoms in total. The predicted octanol–water partition coefficient (Wildman–Crippen LogP) is 1.88. The molecule has 0 unspecified atom stereocenters. The maximum atomic E-state index is 14.0. The van der Waals surface area contributed by atoms with Crippen molar-refractivity contribution in [1.82, 2.24) is 0 Å². The molecule has 0 N–H and O–H groups in total. The summed E-state index contributed by atoms with van der Waals surface area (Å²) in [4.78, 5) is 14.0. The van der Waals surface area contributed by atoms with Gasteiger partial charge in [0.15, 0.2) is 11.6 Å². The molecule has 0 amide bonds. The number of fused-ring (bicyclic) bond motifs is 1. The van der Waals surface area contributed by atoms with Crippen LogP contribution in [0.4, 0.5) is 4.39 Å². The fraction of sp³-hybridized carbons (Fsp3) is 0.364. The lowest BCUT2D eigenvalue weighted by atomic mass is 10.0. The molecule has 0 aromatic heterocycles. The second kappa shape index (κ2) is 3.06. The average Bonchev–Trinajstić information content (AvgIpc) is 2.89. The Morgan fingerprint density at radius 2 is 2.19 bits per heavy atom. The molecule has 3 rings (SSSR count). The Morgan fingerprint density at radius 1 is 1.38 bits per heavy atom. The molecule has 82 valence electrons. The zero-order chi connectivity index (χ0) is 11.2. The van der Waals surface area contributed by atoms with E-state index in [4.69, 9.17) is 9.47 Å². The van der Waals surface area contributed by atoms with Crippen LogP contribution in [0.15, 0.2) is 17.1 Å². The molecule has 0 radical (unpaired) electrons. The van der Waals surface area contributed by atoms with E-state index in [2.05, 4.69) is 4.99 Å². The first-order valence-electron chi connectivity index (χ1n) is 4.94. The fourth-order valence-corrected chi connectivity index (χ4v) is 1.94. The number of hydrogen-bond acceptors (Lipinski definition) is 4. The zero-order valence-electron chi connectivity index (χ0n) is 8.33. The van der Waals surface area contributed by atoms with Crippen LogP contribution in [0.25, 0.3) is 0 Å². The van der Waals surface area contributed by atoms with E-state index in [1.165, 1.54) is 6.08 Å². The van der Waals surface area contributed by atoms with Crippen molar-refractivity contribution in [2.24, 2.45) is 4.99 Å². The van der Waals surface area contributed by atoms with Crippen LogP contribution in [0.2, 0.25) is 0 Å². The maximum Gasteiger partial charge on any atom is 0.235 e. The van der Waals surface area contributed by atoms with Crippen LogP contribution in [0, 0.1) is 5.82 Å². The summed E-state index contributed by atoms with van der Waals surface area (Å²) in [5, 5.41) is 0. The molecule has 1 saturated carbocycles. The molecule has 1 aliphatic heterocycles. The lowest BCUT2D eigenvalue weighted by Crippen LogP contribution is -2.06. The second-order valence-corrected chi connectivity index (χ2v) is 3.90. The second-order valence-electron chi connectivity index (χ2n) is 3.90. The lowest BCUT2D eigenvalue weighted by molar-refractivity contribution is 0.170. The van der Waals surface area contributed by atoms with Gasteiger partial charge in [0.05, 0.1) is 0 Å². The van der Waals surface area contributed by atoms with Gasteiger partial charge in [0, 0.05) is 5.56 Å². The Balaban J connectivity index is 2.13. The van der Waals surface area contributed by atoms with E-state index in [-0.39, 0.29) is 12.5 Å². The molecule has 0 atom stereocenters. The zero-order valence-corrected chi connectivity index (χ0v) is 8.33. The Kier molecular flexibility index (Phi) is 1.79. The number of ether oxygens (including phenoxy) is 2. The summed E-state index contributed by atoms with van der Waals surface area (Å²) >= 11 is 0. The summed E-state index contributed by atoms with van der Waals surface area (Å²) in [5.74, 6) is 0.0310. The molecule has 0 spiro atoms. The van der Waals surface area contributed by atoms with Gasteiger partial charge >= 0.3 is 0 Å². The summed E-state index contributed by atoms with van der Waals surface area (Å²) in [6.45, 7) is 0.0274. The van der Waals surface area contributed by atoms with E-state index in [0.717, 1.165) is 0 Å². The molecule has 1 aliphatic carbocycles. The predicted molar refractivity (Wildman–Crippen MR) is 51.6 cm³/mol. The van der Waals surface area contributed by atoms with Crippen LogP contribution < -0.4 is 9.47 Å². The van der Waals surface area contributed by atoms with Gasteiger partial charge in [-0.05, 0) is 25.0 Å². The first-order valence-corrected chi connectivity index (χ1v) is 4.94. The van der Waals surface area contributed by atoms with Gasteiger partial charge in [0.2, 0.25) is 18.6 Å². The molecule has 1 fully saturated rings. The smallest absolute Gasteiger partial charge is 0.235 e. The van der Waals surface area contributed by atoms with Crippen molar-refractivity contribution in [3.05, 3.63) is 23.5 Å². The number of nitrogens with zero attached hydrogens (tertiary/aromatic N) is 1. The van der Waals surface area contributed by atoms with Crippen molar-refractivity contribution < 1.29 is 18.7 Å². The van der Waals surface area contributed by atoms with Gasteiger partial charge in [-0.2, -0.15) is 4.99 Å². The molecule has 0 bridgehead atoms. The van der Waals surface area contributed by atoms with Gasteiger partial charge in [-0.1, -0.05) is 0 Å². The third-order valence-electron chi connectivity index (χ3n) is 2.96. The molecular weight excluding hydrogens is 213 g/mol. The normalized spacial score (nSPS) is 19.1. The molecule has 0 saturated heterocycles. The highest BCUT2D eigenvalue weighted by Gasteiger charge is 2.47. The van der Waals surface area contributed by atoms with E-state index >= 15 is 0 Å². The number of rotatable bonds is 2. The molecular formula is C11H8FNO3. The van der Waals surface area contributed by atoms with Crippen LogP contribution in [-0.4, -0.2) is 12.9 Å². The third-order valence-corrected chi connectivity index (χ3v) is 2.96. The lowest BCUT2D eigenvalue weighted by Gasteiger charge is -2.10. The van der Waals surface area contributed by atoms with Crippen molar-refractivity contribution in [3.63, 3.8) is 0 Å². The summed E-state index contributed by atoms with van der Waals surface area (Å²) in [7, 11) is 0.